The molecule has 2 rings (SSSR count). The maximum Gasteiger partial charge on any atom is 0.263 e. The topological polar surface area (TPSA) is 56.1 Å². The second kappa shape index (κ2) is 5.88. The second-order valence-electron chi connectivity index (χ2n) is 7.49. The molecule has 0 spiro atoms. The normalized spacial score (nSPS) is 30.9. The summed E-state index contributed by atoms with van der Waals surface area (Å²) < 4.78 is 0. The average molecular weight is 310 g/mol. The number of nitriles is 1. The number of fused-ring (bicyclic) bond motifs is 2. The molecule has 2 bridgehead atoms. The molecule has 0 aromatic heterocycles. The van der Waals surface area contributed by atoms with Crippen LogP contribution in [0.1, 0.15) is 40.0 Å². The van der Waals surface area contributed by atoms with Crippen molar-refractivity contribution in [2.75, 3.05) is 19.0 Å². The SMILES string of the molecule is CC1(C)CC2CC(C)(CN2/C=C(/C#N)C(=O)NCCCl)C1. The number of hydrogen-bond donors (Lipinski definition) is 1. The third-order valence-electron chi connectivity index (χ3n) is 4.50. The Balaban J connectivity index is 2.14. The molecular formula is C16H24ClN3O. The number of likely N-dealkylation sites (tertiary alicyclic amines) is 1. The van der Waals surface area contributed by atoms with Gasteiger partial charge in [0.25, 0.3) is 5.91 Å². The van der Waals surface area contributed by atoms with Gasteiger partial charge in [-0.2, -0.15) is 5.26 Å². The average Bonchev–Trinajstić information content (AvgIpc) is 2.61. The Morgan fingerprint density at radius 3 is 2.81 bits per heavy atom. The summed E-state index contributed by atoms with van der Waals surface area (Å²) in [5.41, 5.74) is 0.790. The molecule has 0 aromatic rings. The van der Waals surface area contributed by atoms with Crippen molar-refractivity contribution in [1.29, 1.82) is 5.26 Å². The first-order valence-corrected chi connectivity index (χ1v) is 8.04. The van der Waals surface area contributed by atoms with Gasteiger partial charge in [0, 0.05) is 31.2 Å². The first kappa shape index (κ1) is 16.2. The minimum Gasteiger partial charge on any atom is -0.373 e. The van der Waals surface area contributed by atoms with E-state index in [1.54, 1.807) is 6.20 Å². The van der Waals surface area contributed by atoms with E-state index in [9.17, 15) is 10.1 Å². The highest BCUT2D eigenvalue weighted by molar-refractivity contribution is 6.18. The number of rotatable bonds is 4. The maximum atomic E-state index is 11.9. The molecule has 116 valence electrons. The van der Waals surface area contributed by atoms with Crippen molar-refractivity contribution in [2.24, 2.45) is 10.8 Å². The highest BCUT2D eigenvalue weighted by atomic mass is 35.5. The zero-order valence-corrected chi connectivity index (χ0v) is 13.8. The van der Waals surface area contributed by atoms with Crippen molar-refractivity contribution in [2.45, 2.75) is 46.1 Å². The number of amides is 1. The molecule has 1 heterocycles. The molecule has 21 heavy (non-hydrogen) atoms. The number of hydrogen-bond acceptors (Lipinski definition) is 3. The fourth-order valence-electron chi connectivity index (χ4n) is 4.21. The zero-order chi connectivity index (χ0) is 15.7. The van der Waals surface area contributed by atoms with Gasteiger partial charge < -0.3 is 10.2 Å². The molecule has 0 radical (unpaired) electrons. The highest BCUT2D eigenvalue weighted by Gasteiger charge is 2.48. The van der Waals surface area contributed by atoms with Crippen LogP contribution in [0.2, 0.25) is 0 Å². The van der Waals surface area contributed by atoms with Crippen LogP contribution in [0.4, 0.5) is 0 Å². The van der Waals surface area contributed by atoms with E-state index in [1.165, 1.54) is 6.42 Å². The van der Waals surface area contributed by atoms with Crippen molar-refractivity contribution in [3.63, 3.8) is 0 Å². The molecule has 1 amide bonds. The van der Waals surface area contributed by atoms with Crippen molar-refractivity contribution in [1.82, 2.24) is 10.2 Å². The molecule has 2 aliphatic rings. The Bertz CT molecular complexity index is 494. The van der Waals surface area contributed by atoms with Crippen LogP contribution in [0.25, 0.3) is 0 Å². The summed E-state index contributed by atoms with van der Waals surface area (Å²) in [6.07, 6.45) is 5.21. The molecule has 2 atom stereocenters. The highest BCUT2D eigenvalue weighted by Crippen LogP contribution is 2.52. The summed E-state index contributed by atoms with van der Waals surface area (Å²) in [5, 5.41) is 11.9. The molecule has 1 saturated carbocycles. The lowest BCUT2D eigenvalue weighted by Crippen LogP contribution is -2.34. The van der Waals surface area contributed by atoms with Crippen molar-refractivity contribution in [3.05, 3.63) is 11.8 Å². The Hall–Kier alpha value is -1.21. The van der Waals surface area contributed by atoms with Gasteiger partial charge in [-0.3, -0.25) is 4.79 Å². The number of alkyl halides is 1. The van der Waals surface area contributed by atoms with E-state index < -0.39 is 0 Å². The van der Waals surface area contributed by atoms with Crippen LogP contribution >= 0.6 is 11.6 Å². The lowest BCUT2D eigenvalue weighted by Gasteiger charge is -2.39. The number of carbonyl (C=O) groups excluding carboxylic acids is 1. The van der Waals surface area contributed by atoms with Crippen LogP contribution in [0.3, 0.4) is 0 Å². The standard InChI is InChI=1S/C16H24ClN3O/c1-15(2)6-13-7-16(3,10-15)11-20(13)9-12(8-18)14(21)19-5-4-17/h9,13H,4-7,10-11H2,1-3H3,(H,19,21)/b12-9-. The Morgan fingerprint density at radius 2 is 2.19 bits per heavy atom. The number of nitrogens with zero attached hydrogens (tertiary/aromatic N) is 2. The minimum absolute atomic E-state index is 0.175. The van der Waals surface area contributed by atoms with Gasteiger partial charge in [0.2, 0.25) is 0 Å². The van der Waals surface area contributed by atoms with Crippen LogP contribution in [-0.4, -0.2) is 35.8 Å². The van der Waals surface area contributed by atoms with E-state index in [0.717, 1.165) is 19.4 Å². The summed E-state index contributed by atoms with van der Waals surface area (Å²) in [5.74, 6) is 0.0206. The Kier molecular flexibility index (Phi) is 4.53. The molecule has 5 heteroatoms. The summed E-state index contributed by atoms with van der Waals surface area (Å²) >= 11 is 5.56. The predicted octanol–water partition coefficient (Wildman–Crippen LogP) is 2.65. The third-order valence-corrected chi connectivity index (χ3v) is 4.68. The quantitative estimate of drug-likeness (QED) is 0.493. The van der Waals surface area contributed by atoms with Crippen LogP contribution in [0, 0.1) is 22.2 Å². The predicted molar refractivity (Wildman–Crippen MR) is 83.7 cm³/mol. The van der Waals surface area contributed by atoms with Crippen LogP contribution in [0.15, 0.2) is 11.8 Å². The fourth-order valence-corrected chi connectivity index (χ4v) is 4.31. The van der Waals surface area contributed by atoms with Gasteiger partial charge in [0.15, 0.2) is 0 Å². The van der Waals surface area contributed by atoms with E-state index in [4.69, 9.17) is 11.6 Å². The molecule has 1 saturated heterocycles. The Morgan fingerprint density at radius 1 is 1.48 bits per heavy atom. The van der Waals surface area contributed by atoms with E-state index >= 15 is 0 Å². The zero-order valence-electron chi connectivity index (χ0n) is 13.1. The van der Waals surface area contributed by atoms with Crippen molar-refractivity contribution in [3.8, 4) is 6.07 Å². The molecule has 0 aromatic carbocycles. The number of carbonyl (C=O) groups is 1. The lowest BCUT2D eigenvalue weighted by atomic mass is 9.65. The summed E-state index contributed by atoms with van der Waals surface area (Å²) in [6.45, 7) is 8.24. The first-order chi connectivity index (χ1) is 9.78. The molecule has 1 aliphatic carbocycles. The molecular weight excluding hydrogens is 286 g/mol. The van der Waals surface area contributed by atoms with Gasteiger partial charge in [-0.25, -0.2) is 0 Å². The minimum atomic E-state index is -0.330. The monoisotopic (exact) mass is 309 g/mol. The Labute approximate surface area is 132 Å². The molecule has 4 nitrogen and oxygen atoms in total. The van der Waals surface area contributed by atoms with Gasteiger partial charge in [-0.1, -0.05) is 20.8 Å². The van der Waals surface area contributed by atoms with E-state index in [0.29, 0.717) is 23.9 Å². The summed E-state index contributed by atoms with van der Waals surface area (Å²) in [6, 6.07) is 2.45. The maximum absolute atomic E-state index is 11.9. The second-order valence-corrected chi connectivity index (χ2v) is 7.86. The van der Waals surface area contributed by atoms with Gasteiger partial charge in [-0.15, -0.1) is 11.6 Å². The van der Waals surface area contributed by atoms with Crippen LogP contribution < -0.4 is 5.32 Å². The summed E-state index contributed by atoms with van der Waals surface area (Å²) in [7, 11) is 0. The molecule has 1 N–H and O–H groups in total. The first-order valence-electron chi connectivity index (χ1n) is 7.50. The number of halogens is 1. The van der Waals surface area contributed by atoms with Gasteiger partial charge in [-0.05, 0) is 30.1 Å². The largest absolute Gasteiger partial charge is 0.373 e. The van der Waals surface area contributed by atoms with Crippen LogP contribution in [0.5, 0.6) is 0 Å². The van der Waals surface area contributed by atoms with E-state index in [-0.39, 0.29) is 16.9 Å². The third kappa shape index (κ3) is 3.71. The lowest BCUT2D eigenvalue weighted by molar-refractivity contribution is -0.117. The molecule has 2 fully saturated rings. The summed E-state index contributed by atoms with van der Waals surface area (Å²) in [4.78, 5) is 14.1. The molecule has 2 unspecified atom stereocenters. The van der Waals surface area contributed by atoms with Gasteiger partial charge in [0.1, 0.15) is 11.6 Å². The van der Waals surface area contributed by atoms with Gasteiger partial charge >= 0.3 is 0 Å². The van der Waals surface area contributed by atoms with Crippen molar-refractivity contribution >= 4 is 17.5 Å². The van der Waals surface area contributed by atoms with E-state index in [2.05, 4.69) is 31.0 Å². The van der Waals surface area contributed by atoms with E-state index in [1.807, 2.05) is 6.07 Å². The molecule has 1 aliphatic heterocycles. The fraction of sp³-hybridized carbons (Fsp3) is 0.750. The van der Waals surface area contributed by atoms with Gasteiger partial charge in [0.05, 0.1) is 0 Å². The number of nitrogens with one attached hydrogen (secondary N) is 1. The smallest absolute Gasteiger partial charge is 0.263 e. The van der Waals surface area contributed by atoms with Crippen molar-refractivity contribution < 1.29 is 4.79 Å². The van der Waals surface area contributed by atoms with Crippen LogP contribution in [-0.2, 0) is 4.79 Å².